The Kier molecular flexibility index (Phi) is 4.88. The molecule has 3 heterocycles. The van der Waals surface area contributed by atoms with Crippen LogP contribution >= 0.6 is 0 Å². The third-order valence-electron chi connectivity index (χ3n) is 7.16. The highest BCUT2D eigenvalue weighted by Gasteiger charge is 2.63. The monoisotopic (exact) mass is 463 g/mol. The summed E-state index contributed by atoms with van der Waals surface area (Å²) in [4.78, 5) is 20.9. The largest absolute Gasteiger partial charge is 0.323 e. The van der Waals surface area contributed by atoms with E-state index in [1.807, 2.05) is 0 Å². The number of H-pyrrole nitrogens is 1. The Hall–Kier alpha value is -2.11. The van der Waals surface area contributed by atoms with Gasteiger partial charge in [0.15, 0.2) is 5.65 Å². The zero-order chi connectivity index (χ0) is 22.9. The van der Waals surface area contributed by atoms with Gasteiger partial charge in [-0.25, -0.2) is 18.4 Å². The van der Waals surface area contributed by atoms with Gasteiger partial charge in [0.1, 0.15) is 11.2 Å². The zero-order valence-electron chi connectivity index (χ0n) is 17.1. The SMILES string of the molecule is O=c1[nH]c([C@@H]2CC[C@H]2CN2CC(F)(F)C(F)(F)C2)nc2c1cnn2C1CCC(F)(F)CC1. The molecular weight excluding hydrogens is 440 g/mol. The molecule has 2 aromatic heterocycles. The molecular formula is C20H23F6N5O. The Balaban J connectivity index is 1.36. The number of alkyl halides is 6. The van der Waals surface area contributed by atoms with E-state index in [1.165, 1.54) is 10.9 Å². The van der Waals surface area contributed by atoms with Gasteiger partial charge in [-0.1, -0.05) is 0 Å². The van der Waals surface area contributed by atoms with Crippen LogP contribution < -0.4 is 5.56 Å². The van der Waals surface area contributed by atoms with E-state index in [9.17, 15) is 31.1 Å². The van der Waals surface area contributed by atoms with Gasteiger partial charge in [-0.2, -0.15) is 22.7 Å². The number of halogens is 6. The Morgan fingerprint density at radius 1 is 1.00 bits per heavy atom. The van der Waals surface area contributed by atoms with Crippen molar-refractivity contribution in [2.75, 3.05) is 19.6 Å². The lowest BCUT2D eigenvalue weighted by Gasteiger charge is -2.38. The number of nitrogens with one attached hydrogen (secondary N) is 1. The minimum absolute atomic E-state index is 0.0641. The maximum atomic E-state index is 13.5. The van der Waals surface area contributed by atoms with Crippen molar-refractivity contribution < 1.29 is 26.3 Å². The molecule has 2 atom stereocenters. The summed E-state index contributed by atoms with van der Waals surface area (Å²) in [6.45, 7) is -1.93. The molecule has 2 aromatic rings. The zero-order valence-corrected chi connectivity index (χ0v) is 17.1. The Bertz CT molecular complexity index is 1060. The molecule has 5 rings (SSSR count). The smallest absolute Gasteiger partial charge is 0.310 e. The molecule has 176 valence electrons. The Labute approximate surface area is 179 Å². The van der Waals surface area contributed by atoms with E-state index in [2.05, 4.69) is 15.1 Å². The molecule has 0 radical (unpaired) electrons. The first kappa shape index (κ1) is 21.7. The van der Waals surface area contributed by atoms with E-state index in [0.717, 1.165) is 4.90 Å². The first-order valence-corrected chi connectivity index (χ1v) is 10.8. The molecule has 0 bridgehead atoms. The topological polar surface area (TPSA) is 66.8 Å². The Morgan fingerprint density at radius 3 is 2.25 bits per heavy atom. The lowest BCUT2D eigenvalue weighted by molar-refractivity contribution is -0.172. The molecule has 1 saturated heterocycles. The lowest BCUT2D eigenvalue weighted by atomic mass is 9.73. The van der Waals surface area contributed by atoms with Crippen molar-refractivity contribution in [3.05, 3.63) is 22.4 Å². The summed E-state index contributed by atoms with van der Waals surface area (Å²) in [5, 5.41) is 4.47. The summed E-state index contributed by atoms with van der Waals surface area (Å²) in [6, 6.07) is -0.291. The van der Waals surface area contributed by atoms with Crippen LogP contribution in [-0.4, -0.2) is 62.1 Å². The first-order valence-electron chi connectivity index (χ1n) is 10.8. The van der Waals surface area contributed by atoms with Crippen molar-refractivity contribution in [3.8, 4) is 0 Å². The molecule has 3 aliphatic rings. The van der Waals surface area contributed by atoms with Gasteiger partial charge in [-0.15, -0.1) is 0 Å². The number of aromatic amines is 1. The van der Waals surface area contributed by atoms with Gasteiger partial charge < -0.3 is 4.98 Å². The van der Waals surface area contributed by atoms with E-state index in [1.54, 1.807) is 0 Å². The summed E-state index contributed by atoms with van der Waals surface area (Å²) in [6.07, 6.45) is 2.58. The van der Waals surface area contributed by atoms with Crippen LogP contribution in [0.3, 0.4) is 0 Å². The first-order chi connectivity index (χ1) is 15.0. The van der Waals surface area contributed by atoms with E-state index >= 15 is 0 Å². The molecule has 0 amide bonds. The van der Waals surface area contributed by atoms with Crippen molar-refractivity contribution in [2.45, 2.75) is 68.3 Å². The second-order valence-corrected chi connectivity index (χ2v) is 9.39. The van der Waals surface area contributed by atoms with Crippen molar-refractivity contribution >= 4 is 11.0 Å². The minimum Gasteiger partial charge on any atom is -0.310 e. The molecule has 0 aromatic carbocycles. The number of hydrogen-bond acceptors (Lipinski definition) is 4. The number of nitrogens with zero attached hydrogens (tertiary/aromatic N) is 4. The molecule has 0 unspecified atom stereocenters. The lowest BCUT2D eigenvalue weighted by Crippen LogP contribution is -2.38. The van der Waals surface area contributed by atoms with Gasteiger partial charge in [0.25, 0.3) is 5.56 Å². The predicted octanol–water partition coefficient (Wildman–Crippen LogP) is 3.95. The summed E-state index contributed by atoms with van der Waals surface area (Å²) in [5.74, 6) is -10.9. The number of rotatable bonds is 4. The molecule has 0 spiro atoms. The van der Waals surface area contributed by atoms with E-state index in [4.69, 9.17) is 0 Å². The maximum absolute atomic E-state index is 13.5. The fourth-order valence-corrected chi connectivity index (χ4v) is 5.12. The summed E-state index contributed by atoms with van der Waals surface area (Å²) in [7, 11) is 0. The van der Waals surface area contributed by atoms with E-state index in [-0.39, 0.29) is 55.5 Å². The summed E-state index contributed by atoms with van der Waals surface area (Å²) >= 11 is 0. The average Bonchev–Trinajstić information content (AvgIpc) is 3.17. The van der Waals surface area contributed by atoms with Crippen molar-refractivity contribution in [3.63, 3.8) is 0 Å². The van der Waals surface area contributed by atoms with Crippen molar-refractivity contribution in [1.29, 1.82) is 0 Å². The second kappa shape index (κ2) is 7.19. The molecule has 1 N–H and O–H groups in total. The number of likely N-dealkylation sites (tertiary alicyclic amines) is 1. The van der Waals surface area contributed by atoms with Crippen LogP contribution in [0.5, 0.6) is 0 Å². The second-order valence-electron chi connectivity index (χ2n) is 9.39. The normalized spacial score (nSPS) is 29.9. The van der Waals surface area contributed by atoms with Gasteiger partial charge in [0, 0.05) is 25.3 Å². The quantitative estimate of drug-likeness (QED) is 0.698. The molecule has 2 saturated carbocycles. The van der Waals surface area contributed by atoms with Gasteiger partial charge >= 0.3 is 11.8 Å². The molecule has 2 aliphatic carbocycles. The van der Waals surface area contributed by atoms with Gasteiger partial charge in [-0.3, -0.25) is 9.69 Å². The summed E-state index contributed by atoms with van der Waals surface area (Å²) < 4.78 is 82.7. The predicted molar refractivity (Wildman–Crippen MR) is 102 cm³/mol. The van der Waals surface area contributed by atoms with Crippen LogP contribution in [0.25, 0.3) is 11.0 Å². The maximum Gasteiger partial charge on any atom is 0.323 e. The van der Waals surface area contributed by atoms with Crippen LogP contribution in [0.4, 0.5) is 26.3 Å². The molecule has 32 heavy (non-hydrogen) atoms. The highest BCUT2D eigenvalue weighted by molar-refractivity contribution is 5.73. The van der Waals surface area contributed by atoms with Gasteiger partial charge in [0.05, 0.1) is 25.3 Å². The van der Waals surface area contributed by atoms with Crippen LogP contribution in [0.1, 0.15) is 56.3 Å². The minimum atomic E-state index is -4.05. The van der Waals surface area contributed by atoms with Gasteiger partial charge in [0.2, 0.25) is 5.92 Å². The van der Waals surface area contributed by atoms with Crippen molar-refractivity contribution in [2.24, 2.45) is 5.92 Å². The number of hydrogen-bond donors (Lipinski definition) is 1. The molecule has 6 nitrogen and oxygen atoms in total. The van der Waals surface area contributed by atoms with Crippen LogP contribution in [-0.2, 0) is 0 Å². The standard InChI is InChI=1S/C20H23F6N5O/c21-18(22)5-3-12(4-6-18)31-16-14(7-27-31)17(32)29-15(28-16)13-2-1-11(13)8-30-9-19(23,24)20(25,26)10-30/h7,11-13H,1-6,8-10H2,(H,28,29,32)/t11-,13+/m0/s1. The average molecular weight is 463 g/mol. The molecule has 12 heteroatoms. The highest BCUT2D eigenvalue weighted by Crippen LogP contribution is 2.46. The fraction of sp³-hybridized carbons (Fsp3) is 0.750. The molecule has 3 fully saturated rings. The number of fused-ring (bicyclic) bond motifs is 1. The van der Waals surface area contributed by atoms with Crippen molar-refractivity contribution in [1.82, 2.24) is 24.6 Å². The van der Waals surface area contributed by atoms with E-state index in [0.29, 0.717) is 24.3 Å². The van der Waals surface area contributed by atoms with Crippen LogP contribution in [0.15, 0.2) is 11.0 Å². The molecule has 1 aliphatic heterocycles. The number of aromatic nitrogens is 4. The fourth-order valence-electron chi connectivity index (χ4n) is 5.12. The van der Waals surface area contributed by atoms with Gasteiger partial charge in [-0.05, 0) is 31.6 Å². The van der Waals surface area contributed by atoms with E-state index < -0.39 is 36.4 Å². The van der Waals surface area contributed by atoms with Crippen LogP contribution in [0, 0.1) is 5.92 Å². The Morgan fingerprint density at radius 2 is 1.66 bits per heavy atom. The third-order valence-corrected chi connectivity index (χ3v) is 7.16. The van der Waals surface area contributed by atoms with Crippen LogP contribution in [0.2, 0.25) is 0 Å². The summed E-state index contributed by atoms with van der Waals surface area (Å²) in [5.41, 5.74) is -0.105. The highest BCUT2D eigenvalue weighted by atomic mass is 19.3. The third kappa shape index (κ3) is 3.60.